The molecule has 23 heavy (non-hydrogen) atoms. The van der Waals surface area contributed by atoms with E-state index in [2.05, 4.69) is 10.5 Å². The third-order valence-corrected chi connectivity index (χ3v) is 3.24. The molecule has 0 saturated heterocycles. The van der Waals surface area contributed by atoms with Gasteiger partial charge in [-0.1, -0.05) is 6.07 Å². The molecule has 2 aromatic rings. The van der Waals surface area contributed by atoms with Gasteiger partial charge >= 0.3 is 0 Å². The van der Waals surface area contributed by atoms with Gasteiger partial charge in [0.05, 0.1) is 12.0 Å². The highest BCUT2D eigenvalue weighted by Crippen LogP contribution is 2.16. The van der Waals surface area contributed by atoms with Crippen LogP contribution in [0.25, 0.3) is 6.08 Å². The molecule has 5 nitrogen and oxygen atoms in total. The zero-order valence-corrected chi connectivity index (χ0v) is 13.5. The van der Waals surface area contributed by atoms with Crippen molar-refractivity contribution < 1.29 is 13.9 Å². The number of benzene rings is 1. The maximum Gasteiger partial charge on any atom is 0.277 e. The van der Waals surface area contributed by atoms with Crippen molar-refractivity contribution in [3.8, 4) is 5.75 Å². The van der Waals surface area contributed by atoms with Crippen molar-refractivity contribution in [1.82, 2.24) is 5.43 Å². The molecule has 2 rings (SSSR count). The van der Waals surface area contributed by atoms with Gasteiger partial charge < -0.3 is 9.15 Å². The summed E-state index contributed by atoms with van der Waals surface area (Å²) in [6.45, 7) is 5.73. The van der Waals surface area contributed by atoms with Gasteiger partial charge in [0, 0.05) is 0 Å². The second-order valence-electron chi connectivity index (χ2n) is 5.17. The smallest absolute Gasteiger partial charge is 0.277 e. The van der Waals surface area contributed by atoms with Crippen LogP contribution in [0.3, 0.4) is 0 Å². The minimum absolute atomic E-state index is 0.0822. The van der Waals surface area contributed by atoms with E-state index in [1.807, 2.05) is 38.1 Å². The number of nitrogens with zero attached hydrogens (tertiary/aromatic N) is 1. The molecule has 0 spiro atoms. The molecule has 0 atom stereocenters. The summed E-state index contributed by atoms with van der Waals surface area (Å²) in [5.41, 5.74) is 5.41. The Bertz CT molecular complexity index is 716. The van der Waals surface area contributed by atoms with Crippen LogP contribution in [0.2, 0.25) is 0 Å². The molecule has 0 radical (unpaired) electrons. The fraction of sp³-hybridized carbons (Fsp3) is 0.222. The summed E-state index contributed by atoms with van der Waals surface area (Å²) in [5, 5.41) is 3.98. The lowest BCUT2D eigenvalue weighted by Gasteiger charge is -2.07. The van der Waals surface area contributed by atoms with Crippen molar-refractivity contribution in [2.45, 2.75) is 20.8 Å². The Morgan fingerprint density at radius 3 is 2.83 bits per heavy atom. The summed E-state index contributed by atoms with van der Waals surface area (Å²) < 4.78 is 10.6. The van der Waals surface area contributed by atoms with Crippen LogP contribution < -0.4 is 10.2 Å². The van der Waals surface area contributed by atoms with Crippen LogP contribution in [0.4, 0.5) is 0 Å². The number of rotatable bonds is 6. The SMILES string of the molecule is CC(/C=C/c1ccco1)=N\NC(=O)COc1ccc(C)c(C)c1. The first-order valence-corrected chi connectivity index (χ1v) is 7.29. The fourth-order valence-corrected chi connectivity index (χ4v) is 1.76. The van der Waals surface area contributed by atoms with Crippen LogP contribution in [0.5, 0.6) is 5.75 Å². The van der Waals surface area contributed by atoms with E-state index in [0.29, 0.717) is 11.5 Å². The maximum absolute atomic E-state index is 11.7. The number of carbonyl (C=O) groups is 1. The molecular formula is C18H20N2O3. The molecule has 0 aliphatic rings. The third kappa shape index (κ3) is 5.47. The lowest BCUT2D eigenvalue weighted by atomic mass is 10.1. The Hall–Kier alpha value is -2.82. The van der Waals surface area contributed by atoms with E-state index in [4.69, 9.17) is 9.15 Å². The Kier molecular flexibility index (Phi) is 5.74. The molecule has 0 unspecified atom stereocenters. The standard InChI is InChI=1S/C18H20N2O3/c1-13-6-8-17(11-14(13)2)23-12-18(21)20-19-15(3)7-9-16-5-4-10-22-16/h4-11H,12H2,1-3H3,(H,20,21)/b9-7+,19-15+. The molecule has 0 saturated carbocycles. The molecule has 5 heteroatoms. The number of amides is 1. The van der Waals surface area contributed by atoms with Gasteiger partial charge in [0.1, 0.15) is 11.5 Å². The molecule has 0 aliphatic carbocycles. The predicted molar refractivity (Wildman–Crippen MR) is 90.4 cm³/mol. The molecule has 1 N–H and O–H groups in total. The lowest BCUT2D eigenvalue weighted by molar-refractivity contribution is -0.123. The van der Waals surface area contributed by atoms with Crippen molar-refractivity contribution in [2.75, 3.05) is 6.61 Å². The first-order chi connectivity index (χ1) is 11.0. The highest BCUT2D eigenvalue weighted by atomic mass is 16.5. The monoisotopic (exact) mass is 312 g/mol. The summed E-state index contributed by atoms with van der Waals surface area (Å²) >= 11 is 0. The molecule has 1 aromatic heterocycles. The minimum Gasteiger partial charge on any atom is -0.484 e. The van der Waals surface area contributed by atoms with E-state index >= 15 is 0 Å². The second kappa shape index (κ2) is 7.98. The van der Waals surface area contributed by atoms with Crippen LogP contribution in [-0.2, 0) is 4.79 Å². The number of hydrogen-bond donors (Lipinski definition) is 1. The molecule has 1 aromatic carbocycles. The van der Waals surface area contributed by atoms with Crippen molar-refractivity contribution in [3.63, 3.8) is 0 Å². The Morgan fingerprint density at radius 1 is 1.30 bits per heavy atom. The number of hydrazone groups is 1. The van der Waals surface area contributed by atoms with E-state index < -0.39 is 0 Å². The minimum atomic E-state index is -0.311. The van der Waals surface area contributed by atoms with Gasteiger partial charge in [0.15, 0.2) is 6.61 Å². The number of allylic oxidation sites excluding steroid dienone is 1. The number of carbonyl (C=O) groups excluding carboxylic acids is 1. The lowest BCUT2D eigenvalue weighted by Crippen LogP contribution is -2.25. The predicted octanol–water partition coefficient (Wildman–Crippen LogP) is 3.48. The van der Waals surface area contributed by atoms with Crippen LogP contribution >= 0.6 is 0 Å². The van der Waals surface area contributed by atoms with E-state index in [1.165, 1.54) is 5.56 Å². The number of furan rings is 1. The normalized spacial score (nSPS) is 11.7. The Morgan fingerprint density at radius 2 is 2.13 bits per heavy atom. The summed E-state index contributed by atoms with van der Waals surface area (Å²) in [5.74, 6) is 1.08. The van der Waals surface area contributed by atoms with E-state index in [-0.39, 0.29) is 12.5 Å². The largest absolute Gasteiger partial charge is 0.484 e. The fourth-order valence-electron chi connectivity index (χ4n) is 1.76. The summed E-state index contributed by atoms with van der Waals surface area (Å²) in [4.78, 5) is 11.7. The zero-order valence-electron chi connectivity index (χ0n) is 13.5. The number of nitrogens with one attached hydrogen (secondary N) is 1. The van der Waals surface area contributed by atoms with Gasteiger partial charge in [-0.25, -0.2) is 5.43 Å². The van der Waals surface area contributed by atoms with Crippen LogP contribution in [0.15, 0.2) is 52.2 Å². The second-order valence-corrected chi connectivity index (χ2v) is 5.17. The van der Waals surface area contributed by atoms with Gasteiger partial charge in [-0.15, -0.1) is 0 Å². The van der Waals surface area contributed by atoms with Crippen molar-refractivity contribution >= 4 is 17.7 Å². The Balaban J connectivity index is 1.80. The molecule has 0 bridgehead atoms. The quantitative estimate of drug-likeness (QED) is 0.656. The average molecular weight is 312 g/mol. The van der Waals surface area contributed by atoms with Gasteiger partial charge in [0.25, 0.3) is 5.91 Å². The first kappa shape index (κ1) is 16.5. The number of hydrogen-bond acceptors (Lipinski definition) is 4. The van der Waals surface area contributed by atoms with E-state index in [0.717, 1.165) is 11.3 Å². The molecule has 0 fully saturated rings. The topological polar surface area (TPSA) is 63.8 Å². The van der Waals surface area contributed by atoms with Crippen LogP contribution in [-0.4, -0.2) is 18.2 Å². The summed E-state index contributed by atoms with van der Waals surface area (Å²) in [6.07, 6.45) is 5.12. The van der Waals surface area contributed by atoms with E-state index in [1.54, 1.807) is 31.4 Å². The molecule has 1 heterocycles. The third-order valence-electron chi connectivity index (χ3n) is 3.24. The molecule has 120 valence electrons. The molecular weight excluding hydrogens is 292 g/mol. The highest BCUT2D eigenvalue weighted by Gasteiger charge is 2.03. The molecule has 0 aliphatic heterocycles. The molecule has 1 amide bonds. The maximum atomic E-state index is 11.7. The van der Waals surface area contributed by atoms with Gasteiger partial charge in [0.2, 0.25) is 0 Å². The zero-order chi connectivity index (χ0) is 16.7. The van der Waals surface area contributed by atoms with Crippen LogP contribution in [0, 0.1) is 13.8 Å². The van der Waals surface area contributed by atoms with Gasteiger partial charge in [-0.2, -0.15) is 5.10 Å². The van der Waals surface area contributed by atoms with Gasteiger partial charge in [-0.05, 0) is 68.3 Å². The number of ether oxygens (including phenoxy) is 1. The van der Waals surface area contributed by atoms with Crippen molar-refractivity contribution in [2.24, 2.45) is 5.10 Å². The highest BCUT2D eigenvalue weighted by molar-refractivity contribution is 5.96. The first-order valence-electron chi connectivity index (χ1n) is 7.29. The van der Waals surface area contributed by atoms with Crippen LogP contribution in [0.1, 0.15) is 23.8 Å². The van der Waals surface area contributed by atoms with E-state index in [9.17, 15) is 4.79 Å². The average Bonchev–Trinajstić information content (AvgIpc) is 3.05. The van der Waals surface area contributed by atoms with Crippen molar-refractivity contribution in [3.05, 3.63) is 59.6 Å². The Labute approximate surface area is 135 Å². The summed E-state index contributed by atoms with van der Waals surface area (Å²) in [7, 11) is 0. The van der Waals surface area contributed by atoms with Gasteiger partial charge in [-0.3, -0.25) is 4.79 Å². The van der Waals surface area contributed by atoms with Crippen molar-refractivity contribution in [1.29, 1.82) is 0 Å². The summed E-state index contributed by atoms with van der Waals surface area (Å²) in [6, 6.07) is 9.35. The number of aryl methyl sites for hydroxylation is 2.